The Kier molecular flexibility index (Phi) is 6.85. The van der Waals surface area contributed by atoms with Crippen LogP contribution in [0.5, 0.6) is 0 Å². The number of aromatic nitrogens is 6. The normalized spacial score (nSPS) is 12.3. The van der Waals surface area contributed by atoms with E-state index in [1.165, 1.54) is 24.3 Å². The molecule has 194 valence electrons. The van der Waals surface area contributed by atoms with Crippen LogP contribution in [0.2, 0.25) is 5.02 Å². The molecule has 2 aromatic carbocycles. The third-order valence-corrected chi connectivity index (χ3v) is 6.50. The van der Waals surface area contributed by atoms with Gasteiger partial charge in [-0.05, 0) is 29.8 Å². The number of benzene rings is 2. The van der Waals surface area contributed by atoms with Gasteiger partial charge in [-0.1, -0.05) is 35.0 Å². The third-order valence-electron chi connectivity index (χ3n) is 6.21. The Morgan fingerprint density at radius 3 is 2.42 bits per heavy atom. The molecule has 7 nitrogen and oxygen atoms in total. The van der Waals surface area contributed by atoms with Crippen molar-refractivity contribution in [2.24, 2.45) is 7.05 Å². The Labute approximate surface area is 219 Å². The molecule has 12 heteroatoms. The number of pyridine rings is 1. The van der Waals surface area contributed by atoms with Gasteiger partial charge in [0, 0.05) is 42.4 Å². The van der Waals surface area contributed by atoms with Crippen molar-refractivity contribution in [3.05, 3.63) is 112 Å². The number of hydrogen-bond donors (Lipinski definition) is 0. The van der Waals surface area contributed by atoms with Gasteiger partial charge in [-0.25, -0.2) is 22.2 Å². The fourth-order valence-electron chi connectivity index (χ4n) is 4.31. The summed E-state index contributed by atoms with van der Waals surface area (Å²) in [6.45, 7) is 0. The van der Waals surface area contributed by atoms with Gasteiger partial charge >= 0.3 is 0 Å². The van der Waals surface area contributed by atoms with Crippen LogP contribution in [0, 0.1) is 16.8 Å². The van der Waals surface area contributed by atoms with Gasteiger partial charge in [-0.3, -0.25) is 4.68 Å². The van der Waals surface area contributed by atoms with Gasteiger partial charge in [0.05, 0.1) is 28.7 Å². The van der Waals surface area contributed by atoms with Crippen molar-refractivity contribution in [1.29, 1.82) is 0 Å². The van der Waals surface area contributed by atoms with Crippen LogP contribution < -0.4 is 4.73 Å². The van der Waals surface area contributed by atoms with Gasteiger partial charge in [0.1, 0.15) is 17.7 Å². The molecular weight excluding hydrogens is 524 g/mol. The van der Waals surface area contributed by atoms with Crippen molar-refractivity contribution in [2.75, 3.05) is 0 Å². The monoisotopic (exact) mass is 542 g/mol. The summed E-state index contributed by atoms with van der Waals surface area (Å²) < 4.78 is 59.2. The van der Waals surface area contributed by atoms with Gasteiger partial charge < -0.3 is 5.21 Å². The van der Waals surface area contributed by atoms with Crippen molar-refractivity contribution < 1.29 is 22.3 Å². The first-order valence-electron chi connectivity index (χ1n) is 11.4. The fraction of sp³-hybridized carbons (Fsp3) is 0.154. The van der Waals surface area contributed by atoms with E-state index in [-0.39, 0.29) is 22.7 Å². The van der Waals surface area contributed by atoms with Crippen LogP contribution in [0.3, 0.4) is 0 Å². The molecule has 0 aliphatic carbocycles. The van der Waals surface area contributed by atoms with Crippen molar-refractivity contribution in [1.82, 2.24) is 24.8 Å². The molecular formula is C26H19ClF4N6O. The highest BCUT2D eigenvalue weighted by Gasteiger charge is 2.27. The van der Waals surface area contributed by atoms with E-state index in [2.05, 4.69) is 15.4 Å². The molecule has 1 atom stereocenters. The van der Waals surface area contributed by atoms with Gasteiger partial charge in [0.15, 0.2) is 6.20 Å². The number of nitrogens with zero attached hydrogens (tertiary/aromatic N) is 6. The van der Waals surface area contributed by atoms with Crippen molar-refractivity contribution in [3.8, 4) is 22.4 Å². The molecule has 0 aliphatic heterocycles. The second-order valence-corrected chi connectivity index (χ2v) is 9.00. The molecule has 0 radical (unpaired) electrons. The zero-order valence-corrected chi connectivity index (χ0v) is 20.5. The molecule has 0 fully saturated rings. The molecule has 0 saturated heterocycles. The lowest BCUT2D eigenvalue weighted by Crippen LogP contribution is -2.36. The molecule has 0 N–H and O–H groups in total. The predicted octanol–water partition coefficient (Wildman–Crippen LogP) is 5.68. The van der Waals surface area contributed by atoms with Crippen LogP contribution in [-0.2, 0) is 13.5 Å². The van der Waals surface area contributed by atoms with Crippen LogP contribution >= 0.6 is 11.6 Å². The van der Waals surface area contributed by atoms with Gasteiger partial charge in [0.25, 0.3) is 6.43 Å². The SMILES string of the molecule is Cn1nncc1-c1cnn([C@H](Cc2ccc(F)cc2)c2ccc(-c3c(C(F)F)ccc(Cl)c3F)c[n+]2[O-])c1. The second kappa shape index (κ2) is 10.3. The number of aryl methyl sites for hydroxylation is 1. The largest absolute Gasteiger partial charge is 0.618 e. The maximum Gasteiger partial charge on any atom is 0.264 e. The number of halogens is 5. The first-order valence-corrected chi connectivity index (χ1v) is 11.7. The summed E-state index contributed by atoms with van der Waals surface area (Å²) in [5.41, 5.74) is 1.24. The Hall–Kier alpha value is -4.25. The highest BCUT2D eigenvalue weighted by Crippen LogP contribution is 2.36. The molecule has 0 bridgehead atoms. The third kappa shape index (κ3) is 4.84. The van der Waals surface area contributed by atoms with E-state index in [0.717, 1.165) is 23.9 Å². The van der Waals surface area contributed by atoms with Crippen molar-refractivity contribution in [2.45, 2.75) is 18.9 Å². The van der Waals surface area contributed by atoms with Gasteiger partial charge in [-0.2, -0.15) is 9.83 Å². The number of hydrogen-bond acceptors (Lipinski definition) is 4. The van der Waals surface area contributed by atoms with Crippen LogP contribution in [0.25, 0.3) is 22.4 Å². The Morgan fingerprint density at radius 2 is 1.76 bits per heavy atom. The minimum absolute atomic E-state index is 0.0540. The average Bonchev–Trinajstić information content (AvgIpc) is 3.54. The smallest absolute Gasteiger partial charge is 0.264 e. The van der Waals surface area contributed by atoms with E-state index >= 15 is 0 Å². The van der Waals surface area contributed by atoms with E-state index in [1.54, 1.807) is 47.1 Å². The van der Waals surface area contributed by atoms with Gasteiger partial charge in [-0.15, -0.1) is 5.10 Å². The van der Waals surface area contributed by atoms with Crippen LogP contribution in [0.1, 0.15) is 29.3 Å². The Morgan fingerprint density at radius 1 is 1.00 bits per heavy atom. The minimum Gasteiger partial charge on any atom is -0.618 e. The summed E-state index contributed by atoms with van der Waals surface area (Å²) in [6.07, 6.45) is 3.18. The lowest BCUT2D eigenvalue weighted by molar-refractivity contribution is -0.615. The van der Waals surface area contributed by atoms with Gasteiger partial charge in [0.2, 0.25) is 5.69 Å². The highest BCUT2D eigenvalue weighted by atomic mass is 35.5. The number of alkyl halides is 2. The molecule has 5 rings (SSSR count). The summed E-state index contributed by atoms with van der Waals surface area (Å²) in [7, 11) is 1.72. The van der Waals surface area contributed by atoms with E-state index < -0.39 is 35.2 Å². The lowest BCUT2D eigenvalue weighted by atomic mass is 9.98. The molecule has 0 aliphatic rings. The second-order valence-electron chi connectivity index (χ2n) is 8.59. The summed E-state index contributed by atoms with van der Waals surface area (Å²) in [6, 6.07) is 10.0. The summed E-state index contributed by atoms with van der Waals surface area (Å²) >= 11 is 5.85. The van der Waals surface area contributed by atoms with Crippen molar-refractivity contribution >= 4 is 11.6 Å². The average molecular weight is 543 g/mol. The number of rotatable bonds is 7. The first-order chi connectivity index (χ1) is 18.2. The van der Waals surface area contributed by atoms with E-state index in [4.69, 9.17) is 11.6 Å². The molecule has 5 aromatic rings. The molecule has 0 saturated carbocycles. The summed E-state index contributed by atoms with van der Waals surface area (Å²) in [5, 5.41) is 25.2. The standard InChI is InChI=1S/C26H19ClF4N6O/c1-35-23(12-32-34-35)17-11-33-36(13-17)22(10-15-2-5-18(28)6-3-15)21-9-4-16(14-37(21)38)24-19(26(30)31)7-8-20(27)25(24)29/h2-9,11-14,22,26H,10H2,1H3/t22-/m1/s1. The topological polar surface area (TPSA) is 75.5 Å². The first kappa shape index (κ1) is 25.4. The molecule has 38 heavy (non-hydrogen) atoms. The molecule has 3 aromatic heterocycles. The zero-order chi connectivity index (χ0) is 27.0. The molecule has 0 spiro atoms. The fourth-order valence-corrected chi connectivity index (χ4v) is 4.47. The van der Waals surface area contributed by atoms with E-state index in [9.17, 15) is 22.8 Å². The molecule has 3 heterocycles. The Bertz CT molecular complexity index is 1600. The minimum atomic E-state index is -2.98. The van der Waals surface area contributed by atoms with E-state index in [0.29, 0.717) is 16.0 Å². The van der Waals surface area contributed by atoms with Crippen molar-refractivity contribution in [3.63, 3.8) is 0 Å². The maximum atomic E-state index is 14.8. The van der Waals surface area contributed by atoms with E-state index in [1.807, 2.05) is 0 Å². The Balaban J connectivity index is 1.59. The lowest BCUT2D eigenvalue weighted by Gasteiger charge is -2.18. The van der Waals surface area contributed by atoms with Crippen LogP contribution in [0.15, 0.2) is 73.3 Å². The zero-order valence-electron chi connectivity index (χ0n) is 19.8. The highest BCUT2D eigenvalue weighted by molar-refractivity contribution is 6.31. The maximum absolute atomic E-state index is 14.8. The predicted molar refractivity (Wildman–Crippen MR) is 131 cm³/mol. The quantitative estimate of drug-likeness (QED) is 0.151. The summed E-state index contributed by atoms with van der Waals surface area (Å²) in [5.74, 6) is -1.45. The van der Waals surface area contributed by atoms with Crippen LogP contribution in [-0.4, -0.2) is 24.8 Å². The molecule has 0 unspecified atom stereocenters. The molecule has 0 amide bonds. The summed E-state index contributed by atoms with van der Waals surface area (Å²) in [4.78, 5) is 0. The van der Waals surface area contributed by atoms with Crippen LogP contribution in [0.4, 0.5) is 17.6 Å².